The summed E-state index contributed by atoms with van der Waals surface area (Å²) in [4.78, 5) is 59.4. The molecule has 2 N–H and O–H groups in total. The minimum atomic E-state index is -0.694. The summed E-state index contributed by atoms with van der Waals surface area (Å²) in [6.07, 6.45) is 18.5. The van der Waals surface area contributed by atoms with Gasteiger partial charge in [-0.05, 0) is 26.2 Å². The van der Waals surface area contributed by atoms with Crippen molar-refractivity contribution in [2.45, 2.75) is 135 Å². The van der Waals surface area contributed by atoms with Gasteiger partial charge in [0.15, 0.2) is 5.52 Å². The Morgan fingerprint density at radius 3 is 1.38 bits per heavy atom. The van der Waals surface area contributed by atoms with E-state index in [-0.39, 0.29) is 23.1 Å². The zero-order valence-corrected chi connectivity index (χ0v) is 32.2. The number of nitrogens with zero attached hydrogens (tertiary/aromatic N) is 1. The van der Waals surface area contributed by atoms with Crippen LogP contribution in [0.4, 0.5) is 0 Å². The molecule has 13 heteroatoms. The first kappa shape index (κ1) is 48.0. The number of carboxylic acids is 1. The molecular formula is C37H69N2O10P. The van der Waals surface area contributed by atoms with Crippen molar-refractivity contribution in [3.63, 3.8) is 0 Å². The number of nitrogens with one attached hydrogen (secondary N) is 1. The molecule has 0 aromatic heterocycles. The standard InChI is InChI=1S/C37H69N2O10P/c1-33(40)20-25-46-29-31-48-27-23-39(24-28-49-32-30-47-26-21-37(45)50)35(42)18-16-22-38-34(41)17-14-12-10-8-6-4-2-3-5-7-9-11-13-15-19-36(43)44/h2-32,50H2,1H3,(H,38,41)(H,43,44). The molecule has 0 rings (SSSR count). The van der Waals surface area contributed by atoms with Crippen molar-refractivity contribution in [2.75, 3.05) is 72.5 Å². The molecule has 0 bridgehead atoms. The number of amides is 2. The third-order valence-corrected chi connectivity index (χ3v) is 8.42. The molecular weight excluding hydrogens is 663 g/mol. The smallest absolute Gasteiger partial charge is 0.303 e. The van der Waals surface area contributed by atoms with Gasteiger partial charge in [-0.2, -0.15) is 0 Å². The van der Waals surface area contributed by atoms with Crippen LogP contribution >= 0.6 is 9.24 Å². The molecule has 0 heterocycles. The average molecular weight is 733 g/mol. The second-order valence-corrected chi connectivity index (χ2v) is 13.4. The lowest BCUT2D eigenvalue weighted by Gasteiger charge is -2.23. The Morgan fingerprint density at radius 1 is 0.520 bits per heavy atom. The van der Waals surface area contributed by atoms with E-state index in [2.05, 4.69) is 14.6 Å². The number of carbonyl (C=O) groups is 5. The number of hydrogen-bond donors (Lipinski definition) is 2. The Balaban J connectivity index is 3.97. The van der Waals surface area contributed by atoms with Crippen LogP contribution < -0.4 is 5.32 Å². The zero-order chi connectivity index (χ0) is 36.9. The number of carbonyl (C=O) groups excluding carboxylic acids is 4. The molecule has 1 unspecified atom stereocenters. The largest absolute Gasteiger partial charge is 0.481 e. The summed E-state index contributed by atoms with van der Waals surface area (Å²) < 4.78 is 22.0. The summed E-state index contributed by atoms with van der Waals surface area (Å²) in [6, 6.07) is 0. The van der Waals surface area contributed by atoms with Gasteiger partial charge in [-0.1, -0.05) is 86.3 Å². The van der Waals surface area contributed by atoms with Crippen molar-refractivity contribution < 1.29 is 48.0 Å². The fraction of sp³-hybridized carbons (Fsp3) is 0.865. The maximum absolute atomic E-state index is 12.9. The highest BCUT2D eigenvalue weighted by atomic mass is 31.0. The topological polar surface area (TPSA) is 158 Å². The summed E-state index contributed by atoms with van der Waals surface area (Å²) in [5.74, 6) is -0.600. The van der Waals surface area contributed by atoms with E-state index in [0.29, 0.717) is 111 Å². The lowest BCUT2D eigenvalue weighted by molar-refractivity contribution is -0.137. The number of unbranched alkanes of at least 4 members (excludes halogenated alkanes) is 13. The quantitative estimate of drug-likeness (QED) is 0.0578. The molecule has 12 nitrogen and oxygen atoms in total. The Labute approximate surface area is 304 Å². The van der Waals surface area contributed by atoms with E-state index in [1.54, 1.807) is 4.90 Å². The molecule has 0 aliphatic rings. The Kier molecular flexibility index (Phi) is 35.3. The highest BCUT2D eigenvalue weighted by Crippen LogP contribution is 2.14. The van der Waals surface area contributed by atoms with Crippen LogP contribution in [0.5, 0.6) is 0 Å². The Morgan fingerprint density at radius 2 is 0.940 bits per heavy atom. The van der Waals surface area contributed by atoms with Gasteiger partial charge in [0.25, 0.3) is 0 Å². The predicted octanol–water partition coefficient (Wildman–Crippen LogP) is 5.87. The Hall–Kier alpha value is -1.98. The average Bonchev–Trinajstić information content (AvgIpc) is 3.07. The van der Waals surface area contributed by atoms with E-state index in [1.807, 2.05) is 0 Å². The van der Waals surface area contributed by atoms with Crippen LogP contribution in [-0.2, 0) is 42.9 Å². The van der Waals surface area contributed by atoms with Crippen LogP contribution in [-0.4, -0.2) is 112 Å². The van der Waals surface area contributed by atoms with Crippen LogP contribution in [0.3, 0.4) is 0 Å². The van der Waals surface area contributed by atoms with Crippen LogP contribution in [0.15, 0.2) is 0 Å². The second-order valence-electron chi connectivity index (χ2n) is 12.8. The Bertz CT molecular complexity index is 847. The number of Topliss-reactive ketones (excluding diaryl/α,β-unsaturated/α-hetero) is 1. The predicted molar refractivity (Wildman–Crippen MR) is 198 cm³/mol. The van der Waals surface area contributed by atoms with E-state index in [9.17, 15) is 24.0 Å². The van der Waals surface area contributed by atoms with Gasteiger partial charge in [-0.25, -0.2) is 0 Å². The van der Waals surface area contributed by atoms with Crippen molar-refractivity contribution in [3.8, 4) is 0 Å². The fourth-order valence-corrected chi connectivity index (χ4v) is 5.26. The van der Waals surface area contributed by atoms with Gasteiger partial charge in [0.1, 0.15) is 5.78 Å². The van der Waals surface area contributed by atoms with Crippen molar-refractivity contribution in [3.05, 3.63) is 0 Å². The van der Waals surface area contributed by atoms with Crippen molar-refractivity contribution in [1.82, 2.24) is 10.2 Å². The molecule has 0 aliphatic carbocycles. The molecule has 2 amide bonds. The summed E-state index contributed by atoms with van der Waals surface area (Å²) >= 11 is 0. The van der Waals surface area contributed by atoms with E-state index in [1.165, 1.54) is 58.3 Å². The highest BCUT2D eigenvalue weighted by Gasteiger charge is 2.13. The number of aliphatic carboxylic acids is 1. The van der Waals surface area contributed by atoms with Crippen molar-refractivity contribution in [1.29, 1.82) is 0 Å². The normalized spacial score (nSPS) is 11.1. The van der Waals surface area contributed by atoms with Gasteiger partial charge in [0.2, 0.25) is 11.8 Å². The third-order valence-electron chi connectivity index (χ3n) is 8.13. The number of rotatable bonds is 39. The molecule has 0 aromatic rings. The minimum Gasteiger partial charge on any atom is -0.481 e. The van der Waals surface area contributed by atoms with Crippen LogP contribution in [0.2, 0.25) is 0 Å². The first-order valence-corrected chi connectivity index (χ1v) is 19.6. The molecule has 0 spiro atoms. The molecule has 0 radical (unpaired) electrons. The van der Waals surface area contributed by atoms with Gasteiger partial charge in [-0.15, -0.1) is 0 Å². The number of ketones is 1. The summed E-state index contributed by atoms with van der Waals surface area (Å²) in [5.41, 5.74) is 0.000926. The van der Waals surface area contributed by atoms with Gasteiger partial charge in [0.05, 0.1) is 52.9 Å². The van der Waals surface area contributed by atoms with Crippen LogP contribution in [0.1, 0.15) is 135 Å². The van der Waals surface area contributed by atoms with Crippen LogP contribution in [0, 0.1) is 0 Å². The summed E-state index contributed by atoms with van der Waals surface area (Å²) in [7, 11) is 2.12. The first-order valence-electron chi connectivity index (χ1n) is 19.1. The molecule has 1 atom stereocenters. The summed E-state index contributed by atoms with van der Waals surface area (Å²) in [5, 5.41) is 11.6. The molecule has 50 heavy (non-hydrogen) atoms. The zero-order valence-electron chi connectivity index (χ0n) is 31.1. The van der Waals surface area contributed by atoms with Crippen molar-refractivity contribution in [2.24, 2.45) is 0 Å². The fourth-order valence-electron chi connectivity index (χ4n) is 5.14. The summed E-state index contributed by atoms with van der Waals surface area (Å²) in [6.45, 7) is 5.74. The third kappa shape index (κ3) is 37.3. The maximum atomic E-state index is 12.9. The highest BCUT2D eigenvalue weighted by molar-refractivity contribution is 7.40. The lowest BCUT2D eigenvalue weighted by Crippen LogP contribution is -2.37. The molecule has 0 saturated carbocycles. The molecule has 0 aromatic carbocycles. The number of ether oxygens (including phenoxy) is 4. The van der Waals surface area contributed by atoms with E-state index >= 15 is 0 Å². The monoisotopic (exact) mass is 732 g/mol. The van der Waals surface area contributed by atoms with E-state index in [0.717, 1.165) is 38.5 Å². The van der Waals surface area contributed by atoms with Gasteiger partial charge in [-0.3, -0.25) is 24.0 Å². The molecule has 292 valence electrons. The van der Waals surface area contributed by atoms with Gasteiger partial charge >= 0.3 is 5.97 Å². The second kappa shape index (κ2) is 36.8. The lowest BCUT2D eigenvalue weighted by atomic mass is 10.0. The number of carboxylic acid groups (broad SMARTS) is 1. The van der Waals surface area contributed by atoms with Crippen molar-refractivity contribution >= 4 is 38.3 Å². The van der Waals surface area contributed by atoms with E-state index in [4.69, 9.17) is 24.1 Å². The molecule has 0 aliphatic heterocycles. The first-order chi connectivity index (χ1) is 24.2. The van der Waals surface area contributed by atoms with E-state index < -0.39 is 5.97 Å². The van der Waals surface area contributed by atoms with Crippen LogP contribution in [0.25, 0.3) is 0 Å². The SMILES string of the molecule is CC(=O)CCOCCOCCN(CCOCCOCCC(=O)P)C(=O)CCCNC(=O)CCCCCCCCCCCCCCCCC(=O)O. The van der Waals surface area contributed by atoms with Gasteiger partial charge in [0, 0.05) is 51.7 Å². The van der Waals surface area contributed by atoms with Gasteiger partial charge < -0.3 is 34.3 Å². The maximum Gasteiger partial charge on any atom is 0.303 e. The number of hydrogen-bond acceptors (Lipinski definition) is 9. The molecule has 0 saturated heterocycles. The minimum absolute atomic E-state index is 0.000926. The molecule has 0 fully saturated rings.